The van der Waals surface area contributed by atoms with Gasteiger partial charge in [-0.3, -0.25) is 4.90 Å². The van der Waals surface area contributed by atoms with Crippen LogP contribution in [0.5, 0.6) is 5.75 Å². The van der Waals surface area contributed by atoms with Crippen molar-refractivity contribution in [2.45, 2.75) is 26.1 Å². The van der Waals surface area contributed by atoms with E-state index in [1.807, 2.05) is 0 Å². The molecule has 0 N–H and O–H groups in total. The normalized spacial score (nSPS) is 11.4. The smallest absolute Gasteiger partial charge is 0.410 e. The molecule has 1 amide bonds. The molecule has 0 aliphatic rings. The maximum absolute atomic E-state index is 12.3. The van der Waals surface area contributed by atoms with Crippen LogP contribution in [-0.4, -0.2) is 29.8 Å². The van der Waals surface area contributed by atoms with Gasteiger partial charge in [0, 0.05) is 6.04 Å². The van der Waals surface area contributed by atoms with Gasteiger partial charge in [-0.25, -0.2) is 4.79 Å². The van der Waals surface area contributed by atoms with Gasteiger partial charge in [-0.05, 0) is 26.0 Å². The zero-order valence-electron chi connectivity index (χ0n) is 10.1. The number of amides is 1. The summed E-state index contributed by atoms with van der Waals surface area (Å²) in [6.07, 6.45) is -5.45. The summed E-state index contributed by atoms with van der Waals surface area (Å²) < 4.78 is 41.8. The number of hydrogen-bond donors (Lipinski definition) is 0. The lowest BCUT2D eigenvalue weighted by Gasteiger charge is -2.26. The Labute approximate surface area is 103 Å². The summed E-state index contributed by atoms with van der Waals surface area (Å²) >= 11 is 0. The molecule has 0 bridgehead atoms. The van der Waals surface area contributed by atoms with E-state index in [0.717, 1.165) is 0 Å². The second kappa shape index (κ2) is 5.75. The highest BCUT2D eigenvalue weighted by molar-refractivity contribution is 5.71. The molecule has 0 saturated heterocycles. The maximum Gasteiger partial charge on any atom is 0.415 e. The molecule has 0 saturated carbocycles. The minimum absolute atomic E-state index is 0.218. The van der Waals surface area contributed by atoms with Crippen LogP contribution in [0.2, 0.25) is 0 Å². The van der Waals surface area contributed by atoms with Crippen LogP contribution < -0.4 is 4.74 Å². The summed E-state index contributed by atoms with van der Waals surface area (Å²) in [4.78, 5) is 12.3. The molecule has 0 radical (unpaired) electrons. The Hall–Kier alpha value is -1.72. The highest BCUT2D eigenvalue weighted by atomic mass is 19.4. The van der Waals surface area contributed by atoms with E-state index in [1.54, 1.807) is 18.2 Å². The highest BCUT2D eigenvalue weighted by Crippen LogP contribution is 2.19. The van der Waals surface area contributed by atoms with Crippen molar-refractivity contribution in [3.63, 3.8) is 0 Å². The molecule has 0 spiro atoms. The monoisotopic (exact) mass is 261 g/mol. The van der Waals surface area contributed by atoms with Crippen LogP contribution in [0.15, 0.2) is 30.3 Å². The summed E-state index contributed by atoms with van der Waals surface area (Å²) in [7, 11) is 0. The van der Waals surface area contributed by atoms with Crippen LogP contribution in [0.1, 0.15) is 13.8 Å². The Bertz CT molecular complexity index is 390. The van der Waals surface area contributed by atoms with E-state index in [0.29, 0.717) is 4.90 Å². The molecule has 0 unspecified atom stereocenters. The van der Waals surface area contributed by atoms with Crippen molar-refractivity contribution in [2.75, 3.05) is 6.54 Å². The van der Waals surface area contributed by atoms with Gasteiger partial charge >= 0.3 is 12.3 Å². The molecule has 6 heteroatoms. The third kappa shape index (κ3) is 4.65. The minimum atomic E-state index is -4.44. The first-order valence-electron chi connectivity index (χ1n) is 5.40. The Morgan fingerprint density at radius 3 is 2.28 bits per heavy atom. The summed E-state index contributed by atoms with van der Waals surface area (Å²) in [5, 5.41) is 0. The number of carbonyl (C=O) groups excluding carboxylic acids is 1. The fourth-order valence-electron chi connectivity index (χ4n) is 1.30. The predicted molar refractivity (Wildman–Crippen MR) is 60.4 cm³/mol. The molecule has 18 heavy (non-hydrogen) atoms. The number of rotatable bonds is 3. The standard InChI is InChI=1S/C12H14F3NO2/c1-9(2)16(8-12(13,14)15)11(17)18-10-6-4-3-5-7-10/h3-7,9H,8H2,1-2H3. The van der Waals surface area contributed by atoms with E-state index in [2.05, 4.69) is 0 Å². The van der Waals surface area contributed by atoms with Crippen molar-refractivity contribution in [1.29, 1.82) is 0 Å². The first-order chi connectivity index (χ1) is 8.29. The molecule has 1 rings (SSSR count). The van der Waals surface area contributed by atoms with Gasteiger partial charge in [-0.15, -0.1) is 0 Å². The van der Waals surface area contributed by atoms with E-state index < -0.39 is 24.9 Å². The third-order valence-electron chi connectivity index (χ3n) is 2.16. The Morgan fingerprint density at radius 1 is 1.28 bits per heavy atom. The van der Waals surface area contributed by atoms with Crippen LogP contribution in [0, 0.1) is 0 Å². The lowest BCUT2D eigenvalue weighted by Crippen LogP contribution is -2.44. The van der Waals surface area contributed by atoms with E-state index >= 15 is 0 Å². The molecular formula is C12H14F3NO2. The first kappa shape index (κ1) is 14.3. The Kier molecular flexibility index (Phi) is 4.58. The zero-order valence-corrected chi connectivity index (χ0v) is 10.1. The average molecular weight is 261 g/mol. The molecule has 100 valence electrons. The van der Waals surface area contributed by atoms with E-state index in [1.165, 1.54) is 26.0 Å². The number of para-hydroxylation sites is 1. The molecular weight excluding hydrogens is 247 g/mol. The lowest BCUT2D eigenvalue weighted by molar-refractivity contribution is -0.144. The van der Waals surface area contributed by atoms with Gasteiger partial charge in [-0.2, -0.15) is 13.2 Å². The number of carbonyl (C=O) groups is 1. The summed E-state index contributed by atoms with van der Waals surface area (Å²) in [6, 6.07) is 7.39. The average Bonchev–Trinajstić information content (AvgIpc) is 2.25. The summed E-state index contributed by atoms with van der Waals surface area (Å²) in [5.74, 6) is 0.218. The molecule has 1 aromatic rings. The Morgan fingerprint density at radius 2 is 1.83 bits per heavy atom. The van der Waals surface area contributed by atoms with Crippen molar-refractivity contribution >= 4 is 6.09 Å². The fraction of sp³-hybridized carbons (Fsp3) is 0.417. The van der Waals surface area contributed by atoms with Gasteiger partial charge < -0.3 is 4.74 Å². The molecule has 0 fully saturated rings. The van der Waals surface area contributed by atoms with Gasteiger partial charge in [0.25, 0.3) is 0 Å². The molecule has 0 aromatic heterocycles. The zero-order chi connectivity index (χ0) is 13.8. The van der Waals surface area contributed by atoms with Crippen molar-refractivity contribution < 1.29 is 22.7 Å². The SMILES string of the molecule is CC(C)N(CC(F)(F)F)C(=O)Oc1ccccc1. The number of hydrogen-bond acceptors (Lipinski definition) is 2. The van der Waals surface area contributed by atoms with Gasteiger partial charge in [0.2, 0.25) is 0 Å². The first-order valence-corrected chi connectivity index (χ1v) is 5.40. The van der Waals surface area contributed by atoms with Crippen LogP contribution in [0.4, 0.5) is 18.0 Å². The molecule has 0 atom stereocenters. The summed E-state index contributed by atoms with van der Waals surface area (Å²) in [5.41, 5.74) is 0. The number of ether oxygens (including phenoxy) is 1. The maximum atomic E-state index is 12.3. The van der Waals surface area contributed by atoms with Gasteiger partial charge in [0.15, 0.2) is 0 Å². The van der Waals surface area contributed by atoms with Crippen LogP contribution in [-0.2, 0) is 0 Å². The number of nitrogens with zero attached hydrogens (tertiary/aromatic N) is 1. The molecule has 1 aromatic carbocycles. The molecule has 3 nitrogen and oxygen atoms in total. The second-order valence-electron chi connectivity index (χ2n) is 4.02. The van der Waals surface area contributed by atoms with Crippen molar-refractivity contribution in [3.05, 3.63) is 30.3 Å². The van der Waals surface area contributed by atoms with Crippen molar-refractivity contribution in [2.24, 2.45) is 0 Å². The van der Waals surface area contributed by atoms with Crippen molar-refractivity contribution in [1.82, 2.24) is 4.90 Å². The minimum Gasteiger partial charge on any atom is -0.410 e. The fourth-order valence-corrected chi connectivity index (χ4v) is 1.30. The third-order valence-corrected chi connectivity index (χ3v) is 2.16. The van der Waals surface area contributed by atoms with Crippen molar-refractivity contribution in [3.8, 4) is 5.75 Å². The number of alkyl halides is 3. The predicted octanol–water partition coefficient (Wildman–Crippen LogP) is 3.46. The second-order valence-corrected chi connectivity index (χ2v) is 4.02. The largest absolute Gasteiger partial charge is 0.415 e. The Balaban J connectivity index is 2.72. The molecule has 0 aliphatic carbocycles. The quantitative estimate of drug-likeness (QED) is 0.834. The van der Waals surface area contributed by atoms with Gasteiger partial charge in [-0.1, -0.05) is 18.2 Å². The summed E-state index contributed by atoms with van der Waals surface area (Å²) in [6.45, 7) is 1.67. The number of halogens is 3. The van der Waals surface area contributed by atoms with Crippen LogP contribution in [0.3, 0.4) is 0 Å². The highest BCUT2D eigenvalue weighted by Gasteiger charge is 2.35. The topological polar surface area (TPSA) is 29.5 Å². The van der Waals surface area contributed by atoms with Crippen LogP contribution >= 0.6 is 0 Å². The number of benzene rings is 1. The van der Waals surface area contributed by atoms with E-state index in [-0.39, 0.29) is 5.75 Å². The molecule has 0 heterocycles. The van der Waals surface area contributed by atoms with E-state index in [4.69, 9.17) is 4.74 Å². The van der Waals surface area contributed by atoms with Gasteiger partial charge in [0.05, 0.1) is 0 Å². The van der Waals surface area contributed by atoms with Crippen LogP contribution in [0.25, 0.3) is 0 Å². The molecule has 0 aliphatic heterocycles. The lowest BCUT2D eigenvalue weighted by atomic mass is 10.3. The van der Waals surface area contributed by atoms with Gasteiger partial charge in [0.1, 0.15) is 12.3 Å². The van der Waals surface area contributed by atoms with E-state index in [9.17, 15) is 18.0 Å².